The van der Waals surface area contributed by atoms with Gasteiger partial charge in [0.2, 0.25) is 0 Å². The molecule has 0 fully saturated rings. The molecule has 1 rings (SSSR count). The van der Waals surface area contributed by atoms with E-state index in [1.165, 1.54) is 0 Å². The fourth-order valence-corrected chi connectivity index (χ4v) is 1.48. The van der Waals surface area contributed by atoms with Crippen molar-refractivity contribution in [3.8, 4) is 12.3 Å². The summed E-state index contributed by atoms with van der Waals surface area (Å²) in [6, 6.07) is 3.68. The minimum Gasteiger partial charge on any atom is -0.392 e. The van der Waals surface area contributed by atoms with Crippen LogP contribution in [0.2, 0.25) is 0 Å². The predicted molar refractivity (Wildman–Crippen MR) is 61.5 cm³/mol. The molecule has 3 nitrogen and oxygen atoms in total. The van der Waals surface area contributed by atoms with E-state index in [0.29, 0.717) is 6.54 Å². The van der Waals surface area contributed by atoms with E-state index in [1.54, 1.807) is 6.20 Å². The molecule has 0 aliphatic rings. The highest BCUT2D eigenvalue weighted by Gasteiger charge is 2.09. The van der Waals surface area contributed by atoms with Crippen LogP contribution in [0.15, 0.2) is 18.3 Å². The Bertz CT molecular complexity index is 344. The lowest BCUT2D eigenvalue weighted by molar-refractivity contribution is 0.281. The molecule has 3 heteroatoms. The maximum absolute atomic E-state index is 9.19. The number of aliphatic hydroxyl groups is 1. The van der Waals surface area contributed by atoms with Crippen LogP contribution in [0.25, 0.3) is 0 Å². The molecule has 15 heavy (non-hydrogen) atoms. The van der Waals surface area contributed by atoms with Crippen molar-refractivity contribution in [2.45, 2.75) is 20.0 Å². The number of terminal acetylenes is 1. The van der Waals surface area contributed by atoms with Gasteiger partial charge in [-0.15, -0.1) is 6.42 Å². The van der Waals surface area contributed by atoms with Crippen molar-refractivity contribution >= 4 is 5.82 Å². The lowest BCUT2D eigenvalue weighted by Gasteiger charge is -2.22. The maximum atomic E-state index is 9.19. The van der Waals surface area contributed by atoms with Gasteiger partial charge in [-0.2, -0.15) is 0 Å². The maximum Gasteiger partial charge on any atom is 0.134 e. The highest BCUT2D eigenvalue weighted by atomic mass is 16.3. The minimum absolute atomic E-state index is 0.00599. The topological polar surface area (TPSA) is 36.4 Å². The summed E-state index contributed by atoms with van der Waals surface area (Å²) in [5.74, 6) is 3.40. The van der Waals surface area contributed by atoms with E-state index in [4.69, 9.17) is 6.42 Å². The molecule has 0 saturated heterocycles. The summed E-state index contributed by atoms with van der Waals surface area (Å²) in [6.07, 6.45) is 8.03. The monoisotopic (exact) mass is 204 g/mol. The second kappa shape index (κ2) is 6.05. The molecule has 0 saturated carbocycles. The first kappa shape index (κ1) is 11.5. The van der Waals surface area contributed by atoms with E-state index in [0.717, 1.165) is 24.3 Å². The van der Waals surface area contributed by atoms with Crippen molar-refractivity contribution in [1.82, 2.24) is 4.98 Å². The molecule has 0 spiro atoms. The zero-order valence-electron chi connectivity index (χ0n) is 8.98. The number of aliphatic hydroxyl groups excluding tert-OH is 1. The summed E-state index contributed by atoms with van der Waals surface area (Å²) in [6.45, 7) is 3.46. The van der Waals surface area contributed by atoms with Crippen molar-refractivity contribution in [1.29, 1.82) is 0 Å². The fourth-order valence-electron chi connectivity index (χ4n) is 1.48. The molecule has 0 aliphatic heterocycles. The molecule has 0 aromatic carbocycles. The van der Waals surface area contributed by atoms with E-state index in [1.807, 2.05) is 17.0 Å². The van der Waals surface area contributed by atoms with E-state index >= 15 is 0 Å². The Kier molecular flexibility index (Phi) is 4.65. The molecule has 1 heterocycles. The standard InChI is InChI=1S/C12H16N2O/c1-3-8-14(9-4-2)12-11(10-15)6-5-7-13-12/h1,5-7,15H,4,8-10H2,2H3. The number of hydrogen-bond donors (Lipinski definition) is 1. The number of rotatable bonds is 5. The van der Waals surface area contributed by atoms with Gasteiger partial charge in [-0.3, -0.25) is 0 Å². The third kappa shape index (κ3) is 2.97. The highest BCUT2D eigenvalue weighted by Crippen LogP contribution is 2.16. The van der Waals surface area contributed by atoms with E-state index < -0.39 is 0 Å². The van der Waals surface area contributed by atoms with Crippen LogP contribution < -0.4 is 4.90 Å². The van der Waals surface area contributed by atoms with Crippen molar-refractivity contribution in [3.63, 3.8) is 0 Å². The molecule has 0 radical (unpaired) electrons. The van der Waals surface area contributed by atoms with Crippen molar-refractivity contribution in [2.75, 3.05) is 18.0 Å². The van der Waals surface area contributed by atoms with Gasteiger partial charge in [0.25, 0.3) is 0 Å². The van der Waals surface area contributed by atoms with E-state index in [-0.39, 0.29) is 6.61 Å². The molecule has 80 valence electrons. The molecule has 0 unspecified atom stereocenters. The normalized spacial score (nSPS) is 9.67. The van der Waals surface area contributed by atoms with Gasteiger partial charge in [0.05, 0.1) is 13.2 Å². The number of aromatic nitrogens is 1. The quantitative estimate of drug-likeness (QED) is 0.737. The van der Waals surface area contributed by atoms with Gasteiger partial charge in [-0.05, 0) is 12.5 Å². The van der Waals surface area contributed by atoms with Crippen LogP contribution in [0.4, 0.5) is 5.82 Å². The fraction of sp³-hybridized carbons (Fsp3) is 0.417. The zero-order chi connectivity index (χ0) is 11.1. The Labute approximate surface area is 90.8 Å². The summed E-state index contributed by atoms with van der Waals surface area (Å²) in [7, 11) is 0. The first-order chi connectivity index (χ1) is 7.33. The van der Waals surface area contributed by atoms with Crippen LogP contribution in [-0.2, 0) is 6.61 Å². The molecule has 1 N–H and O–H groups in total. The second-order valence-corrected chi connectivity index (χ2v) is 3.27. The molecule has 0 aliphatic carbocycles. The van der Waals surface area contributed by atoms with Gasteiger partial charge < -0.3 is 10.0 Å². The Morgan fingerprint density at radius 2 is 2.40 bits per heavy atom. The van der Waals surface area contributed by atoms with Crippen LogP contribution in [-0.4, -0.2) is 23.2 Å². The van der Waals surface area contributed by atoms with Crippen molar-refractivity contribution in [2.24, 2.45) is 0 Å². The van der Waals surface area contributed by atoms with E-state index in [9.17, 15) is 5.11 Å². The molecular formula is C12H16N2O. The number of hydrogen-bond acceptors (Lipinski definition) is 3. The SMILES string of the molecule is C#CCN(CCC)c1ncccc1CO. The summed E-state index contributed by atoms with van der Waals surface area (Å²) >= 11 is 0. The lowest BCUT2D eigenvalue weighted by atomic mass is 10.2. The average Bonchev–Trinajstić information content (AvgIpc) is 2.29. The van der Waals surface area contributed by atoms with Crippen LogP contribution in [0.5, 0.6) is 0 Å². The van der Waals surface area contributed by atoms with Gasteiger partial charge in [0.1, 0.15) is 5.82 Å². The average molecular weight is 204 g/mol. The van der Waals surface area contributed by atoms with Crippen molar-refractivity contribution in [3.05, 3.63) is 23.9 Å². The Morgan fingerprint density at radius 3 is 3.00 bits per heavy atom. The van der Waals surface area contributed by atoms with Crippen LogP contribution in [0, 0.1) is 12.3 Å². The molecule has 0 amide bonds. The number of nitrogens with zero attached hydrogens (tertiary/aromatic N) is 2. The number of pyridine rings is 1. The summed E-state index contributed by atoms with van der Waals surface area (Å²) < 4.78 is 0. The Balaban J connectivity index is 2.94. The first-order valence-electron chi connectivity index (χ1n) is 5.06. The minimum atomic E-state index is -0.00599. The second-order valence-electron chi connectivity index (χ2n) is 3.27. The molecule has 1 aromatic rings. The van der Waals surface area contributed by atoms with Gasteiger partial charge in [0.15, 0.2) is 0 Å². The highest BCUT2D eigenvalue weighted by molar-refractivity contribution is 5.47. The zero-order valence-corrected chi connectivity index (χ0v) is 8.98. The van der Waals surface area contributed by atoms with Crippen molar-refractivity contribution < 1.29 is 5.11 Å². The summed E-state index contributed by atoms with van der Waals surface area (Å²) in [4.78, 5) is 6.26. The summed E-state index contributed by atoms with van der Waals surface area (Å²) in [5.41, 5.74) is 0.821. The Morgan fingerprint density at radius 1 is 1.60 bits per heavy atom. The third-order valence-corrected chi connectivity index (χ3v) is 2.11. The number of anilines is 1. The predicted octanol–water partition coefficient (Wildman–Crippen LogP) is 1.42. The van der Waals surface area contributed by atoms with E-state index in [2.05, 4.69) is 17.8 Å². The largest absolute Gasteiger partial charge is 0.392 e. The van der Waals surface area contributed by atoms with Gasteiger partial charge in [-0.1, -0.05) is 18.9 Å². The molecule has 0 bridgehead atoms. The van der Waals surface area contributed by atoms with Gasteiger partial charge in [-0.25, -0.2) is 4.98 Å². The molecular weight excluding hydrogens is 188 g/mol. The third-order valence-electron chi connectivity index (χ3n) is 2.11. The summed E-state index contributed by atoms with van der Waals surface area (Å²) in [5, 5.41) is 9.19. The van der Waals surface area contributed by atoms with Crippen LogP contribution >= 0.6 is 0 Å². The van der Waals surface area contributed by atoms with Gasteiger partial charge >= 0.3 is 0 Å². The molecule has 1 aromatic heterocycles. The first-order valence-corrected chi connectivity index (χ1v) is 5.06. The van der Waals surface area contributed by atoms with Gasteiger partial charge in [0, 0.05) is 18.3 Å². The molecule has 0 atom stereocenters. The lowest BCUT2D eigenvalue weighted by Crippen LogP contribution is -2.26. The Hall–Kier alpha value is -1.53. The van der Waals surface area contributed by atoms with Crippen LogP contribution in [0.1, 0.15) is 18.9 Å². The van der Waals surface area contributed by atoms with Crippen LogP contribution in [0.3, 0.4) is 0 Å². The smallest absolute Gasteiger partial charge is 0.134 e.